The van der Waals surface area contributed by atoms with E-state index in [9.17, 15) is 18.0 Å². The second-order valence-electron chi connectivity index (χ2n) is 7.31. The van der Waals surface area contributed by atoms with Crippen molar-refractivity contribution in [1.29, 1.82) is 0 Å². The molecule has 0 radical (unpaired) electrons. The summed E-state index contributed by atoms with van der Waals surface area (Å²) in [6, 6.07) is 7.16. The smallest absolute Gasteiger partial charge is 0.289 e. The molecule has 1 aromatic heterocycles. The van der Waals surface area contributed by atoms with Gasteiger partial charge in [-0.15, -0.1) is 0 Å². The van der Waals surface area contributed by atoms with Crippen LogP contribution in [0.3, 0.4) is 0 Å². The topological polar surface area (TPSA) is 56.6 Å². The van der Waals surface area contributed by atoms with Crippen molar-refractivity contribution in [3.8, 4) is 11.4 Å². The van der Waals surface area contributed by atoms with Crippen LogP contribution in [0, 0.1) is 24.4 Å². The first kappa shape index (κ1) is 21.5. The van der Waals surface area contributed by atoms with Gasteiger partial charge in [0, 0.05) is 12.7 Å². The molecular weight excluding hydrogens is 423 g/mol. The molecule has 2 aromatic carbocycles. The third-order valence-electron chi connectivity index (χ3n) is 5.03. The number of hydrogen-bond donors (Lipinski definition) is 0. The van der Waals surface area contributed by atoms with Gasteiger partial charge in [0.05, 0.1) is 31.4 Å². The van der Waals surface area contributed by atoms with E-state index in [0.29, 0.717) is 11.3 Å². The molecule has 9 heteroatoms. The summed E-state index contributed by atoms with van der Waals surface area (Å²) in [5.41, 5.74) is 2.47. The highest BCUT2D eigenvalue weighted by atomic mass is 19.2. The van der Waals surface area contributed by atoms with Gasteiger partial charge in [-0.05, 0) is 48.4 Å². The number of aromatic nitrogens is 2. The Morgan fingerprint density at radius 2 is 1.94 bits per heavy atom. The van der Waals surface area contributed by atoms with Gasteiger partial charge >= 0.3 is 0 Å². The van der Waals surface area contributed by atoms with Crippen LogP contribution in [0.15, 0.2) is 48.6 Å². The molecule has 0 spiro atoms. The van der Waals surface area contributed by atoms with E-state index in [4.69, 9.17) is 9.47 Å². The van der Waals surface area contributed by atoms with Crippen LogP contribution in [-0.4, -0.2) is 40.6 Å². The Morgan fingerprint density at radius 1 is 1.19 bits per heavy atom. The molecule has 1 aliphatic heterocycles. The zero-order valence-electron chi connectivity index (χ0n) is 17.4. The molecular formula is C23H20F3N3O3. The normalized spacial score (nSPS) is 15.2. The summed E-state index contributed by atoms with van der Waals surface area (Å²) in [6.45, 7) is 2.26. The number of methoxy groups -OCH3 is 1. The van der Waals surface area contributed by atoms with Crippen molar-refractivity contribution in [3.05, 3.63) is 82.9 Å². The second-order valence-corrected chi connectivity index (χ2v) is 7.31. The summed E-state index contributed by atoms with van der Waals surface area (Å²) < 4.78 is 53.1. The van der Waals surface area contributed by atoms with Gasteiger partial charge in [-0.25, -0.2) is 18.2 Å². The number of carbonyl (C=O) groups is 1. The average molecular weight is 443 g/mol. The number of rotatable bonds is 5. The molecule has 0 aliphatic carbocycles. The quantitative estimate of drug-likeness (QED) is 0.442. The van der Waals surface area contributed by atoms with E-state index >= 15 is 0 Å². The predicted molar refractivity (Wildman–Crippen MR) is 111 cm³/mol. The maximum Gasteiger partial charge on any atom is 0.289 e. The lowest BCUT2D eigenvalue weighted by Crippen LogP contribution is -2.39. The molecule has 32 heavy (non-hydrogen) atoms. The van der Waals surface area contributed by atoms with Gasteiger partial charge in [0.2, 0.25) is 0 Å². The van der Waals surface area contributed by atoms with Crippen molar-refractivity contribution in [3.63, 3.8) is 0 Å². The van der Waals surface area contributed by atoms with E-state index < -0.39 is 23.4 Å². The number of ether oxygens (including phenoxy) is 2. The lowest BCUT2D eigenvalue weighted by Gasteiger charge is -2.29. The minimum Gasteiger partial charge on any atom is -0.495 e. The summed E-state index contributed by atoms with van der Waals surface area (Å²) >= 11 is 0. The molecule has 0 bridgehead atoms. The van der Waals surface area contributed by atoms with Crippen molar-refractivity contribution in [1.82, 2.24) is 14.5 Å². The third-order valence-corrected chi connectivity index (χ3v) is 5.03. The molecule has 4 rings (SSSR count). The van der Waals surface area contributed by atoms with Crippen LogP contribution in [0.2, 0.25) is 0 Å². The van der Waals surface area contributed by atoms with Crippen LogP contribution < -0.4 is 4.74 Å². The number of hydrogen-bond acceptors (Lipinski definition) is 4. The second kappa shape index (κ2) is 8.78. The molecule has 0 N–H and O–H groups in total. The number of nitrogens with zero attached hydrogens (tertiary/aromatic N) is 3. The summed E-state index contributed by atoms with van der Waals surface area (Å²) in [4.78, 5) is 18.4. The van der Waals surface area contributed by atoms with E-state index in [1.54, 1.807) is 31.6 Å². The lowest BCUT2D eigenvalue weighted by atomic mass is 10.1. The Morgan fingerprint density at radius 3 is 2.59 bits per heavy atom. The first-order chi connectivity index (χ1) is 15.4. The van der Waals surface area contributed by atoms with E-state index in [0.717, 1.165) is 23.5 Å². The molecule has 0 unspecified atom stereocenters. The lowest BCUT2D eigenvalue weighted by molar-refractivity contribution is -0.136. The molecule has 1 fully saturated rings. The Labute approximate surface area is 182 Å². The van der Waals surface area contributed by atoms with Crippen molar-refractivity contribution in [2.24, 2.45) is 0 Å². The van der Waals surface area contributed by atoms with Crippen LogP contribution in [0.5, 0.6) is 5.75 Å². The standard InChI is InChI=1S/C23H20F3N3O3/c1-14-11-29(13-27-14)19-4-3-15(9-20(19)31-2)10-21-23(30)28(5-6-32-21)12-16-7-17(24)22(26)18(25)8-16/h3-4,7-11,13H,5-6,12H2,1-2H3/b21-10-. The number of halogens is 3. The molecule has 6 nitrogen and oxygen atoms in total. The summed E-state index contributed by atoms with van der Waals surface area (Å²) in [6.07, 6.45) is 5.12. The summed E-state index contributed by atoms with van der Waals surface area (Å²) in [5, 5.41) is 0. The summed E-state index contributed by atoms with van der Waals surface area (Å²) in [5.74, 6) is -3.89. The molecule has 1 amide bonds. The average Bonchev–Trinajstić information content (AvgIpc) is 3.20. The van der Waals surface area contributed by atoms with Gasteiger partial charge in [-0.2, -0.15) is 0 Å². The minimum absolute atomic E-state index is 0.0735. The fraction of sp³-hybridized carbons (Fsp3) is 0.217. The predicted octanol–water partition coefficient (Wildman–Crippen LogP) is 4.01. The fourth-order valence-corrected chi connectivity index (χ4v) is 3.46. The Hall–Kier alpha value is -3.75. The molecule has 0 atom stereocenters. The van der Waals surface area contributed by atoms with E-state index in [1.807, 2.05) is 23.8 Å². The van der Waals surface area contributed by atoms with E-state index in [2.05, 4.69) is 4.98 Å². The molecule has 3 aromatic rings. The highest BCUT2D eigenvalue weighted by Crippen LogP contribution is 2.27. The van der Waals surface area contributed by atoms with Crippen molar-refractivity contribution < 1.29 is 27.4 Å². The zero-order valence-corrected chi connectivity index (χ0v) is 17.4. The highest BCUT2D eigenvalue weighted by Gasteiger charge is 2.26. The molecule has 1 aliphatic rings. The Balaban J connectivity index is 1.57. The summed E-state index contributed by atoms with van der Waals surface area (Å²) in [7, 11) is 1.55. The number of benzene rings is 2. The highest BCUT2D eigenvalue weighted by molar-refractivity contribution is 5.96. The number of morpholine rings is 1. The van der Waals surface area contributed by atoms with Gasteiger partial charge < -0.3 is 18.9 Å². The number of imidazole rings is 1. The maximum absolute atomic E-state index is 13.5. The van der Waals surface area contributed by atoms with Crippen molar-refractivity contribution >= 4 is 12.0 Å². The first-order valence-electron chi connectivity index (χ1n) is 9.82. The zero-order chi connectivity index (χ0) is 22.8. The van der Waals surface area contributed by atoms with Crippen LogP contribution in [0.25, 0.3) is 11.8 Å². The first-order valence-corrected chi connectivity index (χ1v) is 9.82. The van der Waals surface area contributed by atoms with Crippen molar-refractivity contribution in [2.45, 2.75) is 13.5 Å². The number of aryl methyl sites for hydroxylation is 1. The van der Waals surface area contributed by atoms with Gasteiger partial charge in [0.1, 0.15) is 12.4 Å². The van der Waals surface area contributed by atoms with Crippen LogP contribution in [-0.2, 0) is 16.1 Å². The van der Waals surface area contributed by atoms with Gasteiger partial charge in [-0.3, -0.25) is 4.79 Å². The molecule has 166 valence electrons. The third kappa shape index (κ3) is 4.32. The number of carbonyl (C=O) groups excluding carboxylic acids is 1. The minimum atomic E-state index is -1.54. The largest absolute Gasteiger partial charge is 0.495 e. The van der Waals surface area contributed by atoms with Crippen LogP contribution >= 0.6 is 0 Å². The Kier molecular flexibility index (Phi) is 5.89. The maximum atomic E-state index is 13.5. The SMILES string of the molecule is COc1cc(/C=C2\OCCN(Cc3cc(F)c(F)c(F)c3)C2=O)ccc1-n1cnc(C)c1. The Bertz CT molecular complexity index is 1180. The van der Waals surface area contributed by atoms with Gasteiger partial charge in [0.15, 0.2) is 23.2 Å². The number of amides is 1. The fourth-order valence-electron chi connectivity index (χ4n) is 3.46. The van der Waals surface area contributed by atoms with Crippen LogP contribution in [0.4, 0.5) is 13.2 Å². The molecule has 2 heterocycles. The van der Waals surface area contributed by atoms with Crippen LogP contribution in [0.1, 0.15) is 16.8 Å². The molecule has 1 saturated heterocycles. The van der Waals surface area contributed by atoms with Gasteiger partial charge in [0.25, 0.3) is 5.91 Å². The van der Waals surface area contributed by atoms with Gasteiger partial charge in [-0.1, -0.05) is 6.07 Å². The molecule has 0 saturated carbocycles. The van der Waals surface area contributed by atoms with Crippen molar-refractivity contribution in [2.75, 3.05) is 20.3 Å². The van der Waals surface area contributed by atoms with E-state index in [1.165, 1.54) is 4.90 Å². The van der Waals surface area contributed by atoms with E-state index in [-0.39, 0.29) is 31.0 Å². The monoisotopic (exact) mass is 443 g/mol.